The summed E-state index contributed by atoms with van der Waals surface area (Å²) in [4.78, 5) is 19.7. The van der Waals surface area contributed by atoms with Crippen molar-refractivity contribution in [3.8, 4) is 0 Å². The highest BCUT2D eigenvalue weighted by atomic mass is 32.2. The zero-order valence-electron chi connectivity index (χ0n) is 9.87. The van der Waals surface area contributed by atoms with Crippen LogP contribution in [-0.2, 0) is 4.79 Å². The number of carboxylic acids is 1. The van der Waals surface area contributed by atoms with E-state index in [9.17, 15) is 4.79 Å². The molecule has 0 aliphatic carbocycles. The maximum atomic E-state index is 10.9. The van der Waals surface area contributed by atoms with E-state index in [2.05, 4.69) is 16.6 Å². The van der Waals surface area contributed by atoms with Crippen LogP contribution in [0.4, 0.5) is 0 Å². The minimum atomic E-state index is -0.821. The van der Waals surface area contributed by atoms with E-state index >= 15 is 0 Å². The van der Waals surface area contributed by atoms with Gasteiger partial charge in [0.15, 0.2) is 0 Å². The average molecular weight is 290 g/mol. The highest BCUT2D eigenvalue weighted by Gasteiger charge is 2.28. The molecule has 1 N–H and O–H groups in total. The second-order valence-electron chi connectivity index (χ2n) is 4.04. The number of aliphatic carboxylic acids is 1. The molecule has 3 rings (SSSR count). The number of nitrogens with zero attached hydrogens (tertiary/aromatic N) is 2. The number of hydrogen-bond acceptors (Lipinski definition) is 5. The van der Waals surface area contributed by atoms with Gasteiger partial charge in [-0.3, -0.25) is 9.79 Å². The number of fused-ring (bicyclic) bond motifs is 1. The summed E-state index contributed by atoms with van der Waals surface area (Å²) >= 11 is 2.81. The van der Waals surface area contributed by atoms with Crippen LogP contribution < -0.4 is 0 Å². The quantitative estimate of drug-likeness (QED) is 0.944. The van der Waals surface area contributed by atoms with Gasteiger partial charge in [-0.2, -0.15) is 0 Å². The summed E-state index contributed by atoms with van der Waals surface area (Å²) in [5.41, 5.74) is 1.96. The Labute approximate surface area is 117 Å². The third-order valence-corrected chi connectivity index (χ3v) is 5.10. The van der Waals surface area contributed by atoms with Gasteiger partial charge in [-0.15, -0.1) is 11.3 Å². The number of aromatic nitrogens is 1. The minimum Gasteiger partial charge on any atom is -0.480 e. The van der Waals surface area contributed by atoms with Crippen LogP contribution in [0.15, 0.2) is 29.8 Å². The zero-order valence-corrected chi connectivity index (χ0v) is 11.5. The lowest BCUT2D eigenvalue weighted by atomic mass is 10.2. The molecule has 1 aromatic carbocycles. The second-order valence-corrected chi connectivity index (χ2v) is 6.26. The molecule has 0 saturated carbocycles. The van der Waals surface area contributed by atoms with Crippen molar-refractivity contribution < 1.29 is 9.90 Å². The fourth-order valence-corrected chi connectivity index (χ4v) is 3.78. The molecule has 0 unspecified atom stereocenters. The fourth-order valence-electron chi connectivity index (χ4n) is 1.78. The molecule has 0 spiro atoms. The van der Waals surface area contributed by atoms with Gasteiger partial charge in [-0.1, -0.05) is 30.5 Å². The zero-order chi connectivity index (χ0) is 13.4. The van der Waals surface area contributed by atoms with E-state index < -0.39 is 11.2 Å². The summed E-state index contributed by atoms with van der Waals surface area (Å²) in [6.45, 7) is 4.07. The molecule has 1 atom stereocenters. The van der Waals surface area contributed by atoms with E-state index in [0.29, 0.717) is 6.54 Å². The van der Waals surface area contributed by atoms with Crippen molar-refractivity contribution in [3.05, 3.63) is 35.3 Å². The number of rotatable bonds is 3. The van der Waals surface area contributed by atoms with Gasteiger partial charge in [0.05, 0.1) is 16.8 Å². The summed E-state index contributed by atoms with van der Waals surface area (Å²) in [5, 5.41) is 10.0. The van der Waals surface area contributed by atoms with E-state index in [0.717, 1.165) is 25.8 Å². The minimum absolute atomic E-state index is 0.323. The second kappa shape index (κ2) is 4.79. The van der Waals surface area contributed by atoms with Crippen LogP contribution in [0.25, 0.3) is 16.3 Å². The third-order valence-electron chi connectivity index (χ3n) is 2.76. The van der Waals surface area contributed by atoms with Gasteiger partial charge in [-0.25, -0.2) is 4.98 Å². The van der Waals surface area contributed by atoms with Crippen LogP contribution in [0.5, 0.6) is 0 Å². The Morgan fingerprint density at radius 2 is 2.37 bits per heavy atom. The number of aliphatic imine (C=N–C) groups is 1. The molecular weight excluding hydrogens is 280 g/mol. The molecule has 96 valence electrons. The van der Waals surface area contributed by atoms with Crippen molar-refractivity contribution in [3.63, 3.8) is 0 Å². The third kappa shape index (κ3) is 2.29. The summed E-state index contributed by atoms with van der Waals surface area (Å²) in [7, 11) is 0. The molecule has 19 heavy (non-hydrogen) atoms. The van der Waals surface area contributed by atoms with Crippen LogP contribution in [0.3, 0.4) is 0 Å². The Morgan fingerprint density at radius 1 is 1.53 bits per heavy atom. The lowest BCUT2D eigenvalue weighted by Gasteiger charge is -1.98. The molecule has 1 aromatic heterocycles. The Kier molecular flexibility index (Phi) is 3.12. The van der Waals surface area contributed by atoms with Crippen LogP contribution >= 0.6 is 23.1 Å². The number of carbonyl (C=O) groups is 1. The first-order valence-corrected chi connectivity index (χ1v) is 7.34. The van der Waals surface area contributed by atoms with Crippen molar-refractivity contribution in [2.45, 2.75) is 5.25 Å². The van der Waals surface area contributed by atoms with E-state index in [-0.39, 0.29) is 0 Å². The van der Waals surface area contributed by atoms with Crippen LogP contribution in [0.2, 0.25) is 0 Å². The Morgan fingerprint density at radius 3 is 3.05 bits per heavy atom. The number of thioether (sulfide) groups is 1. The summed E-state index contributed by atoms with van der Waals surface area (Å²) in [5.74, 6) is -0.821. The summed E-state index contributed by atoms with van der Waals surface area (Å²) in [6, 6.07) is 5.93. The van der Waals surface area contributed by atoms with E-state index in [1.54, 1.807) is 6.08 Å². The molecule has 1 aliphatic heterocycles. The summed E-state index contributed by atoms with van der Waals surface area (Å²) < 4.78 is 1.06. The SMILES string of the molecule is C=Cc1ccc2nc(C3=NC[C@@H](C(=O)O)S3)sc2c1. The molecule has 0 bridgehead atoms. The Bertz CT molecular complexity index is 706. The Balaban J connectivity index is 1.94. The molecule has 0 fully saturated rings. The van der Waals surface area contributed by atoms with Crippen LogP contribution in [-0.4, -0.2) is 32.9 Å². The van der Waals surface area contributed by atoms with Crippen molar-refractivity contribution in [1.29, 1.82) is 0 Å². The standard InChI is InChI=1S/C13H10N2O2S2/c1-2-7-3-4-8-9(5-7)18-12(15-8)11-14-6-10(19-11)13(16)17/h2-5,10H,1,6H2,(H,16,17)/t10-/m0/s1. The van der Waals surface area contributed by atoms with Crippen LogP contribution in [0.1, 0.15) is 10.6 Å². The fraction of sp³-hybridized carbons (Fsp3) is 0.154. The number of carboxylic acid groups (broad SMARTS) is 1. The van der Waals surface area contributed by atoms with Crippen LogP contribution in [0, 0.1) is 0 Å². The molecule has 1 aliphatic rings. The number of hydrogen-bond donors (Lipinski definition) is 1. The maximum Gasteiger partial charge on any atom is 0.318 e. The molecule has 2 aromatic rings. The first kappa shape index (κ1) is 12.4. The van der Waals surface area contributed by atoms with Gasteiger partial charge in [0.1, 0.15) is 15.3 Å². The Hall–Kier alpha value is -1.66. The van der Waals surface area contributed by atoms with Gasteiger partial charge < -0.3 is 5.11 Å². The van der Waals surface area contributed by atoms with E-state index in [1.807, 2.05) is 18.2 Å². The van der Waals surface area contributed by atoms with E-state index in [1.165, 1.54) is 23.1 Å². The monoisotopic (exact) mass is 290 g/mol. The molecule has 6 heteroatoms. The molecule has 0 saturated heterocycles. The van der Waals surface area contributed by atoms with Crippen molar-refractivity contribution in [2.75, 3.05) is 6.54 Å². The smallest absolute Gasteiger partial charge is 0.318 e. The van der Waals surface area contributed by atoms with Gasteiger partial charge in [0, 0.05) is 0 Å². The van der Waals surface area contributed by atoms with Gasteiger partial charge in [0.2, 0.25) is 0 Å². The largest absolute Gasteiger partial charge is 0.480 e. The molecule has 2 heterocycles. The number of thiazole rings is 1. The average Bonchev–Trinajstić information content (AvgIpc) is 3.04. The predicted molar refractivity (Wildman–Crippen MR) is 80.1 cm³/mol. The lowest BCUT2D eigenvalue weighted by Crippen LogP contribution is -2.16. The van der Waals surface area contributed by atoms with Gasteiger partial charge in [-0.05, 0) is 17.7 Å². The van der Waals surface area contributed by atoms with Gasteiger partial charge >= 0.3 is 5.97 Å². The lowest BCUT2D eigenvalue weighted by molar-refractivity contribution is -0.136. The molecule has 4 nitrogen and oxygen atoms in total. The number of benzene rings is 1. The van der Waals surface area contributed by atoms with Gasteiger partial charge in [0.25, 0.3) is 0 Å². The highest BCUT2D eigenvalue weighted by Crippen LogP contribution is 2.31. The molecule has 0 amide bonds. The first-order chi connectivity index (χ1) is 9.17. The normalized spacial score (nSPS) is 18.5. The maximum absolute atomic E-state index is 10.9. The topological polar surface area (TPSA) is 62.5 Å². The van der Waals surface area contributed by atoms with E-state index in [4.69, 9.17) is 5.11 Å². The molecule has 0 radical (unpaired) electrons. The summed E-state index contributed by atoms with van der Waals surface area (Å²) in [6.07, 6.45) is 1.79. The van der Waals surface area contributed by atoms with Crippen molar-refractivity contribution in [2.24, 2.45) is 4.99 Å². The first-order valence-electron chi connectivity index (χ1n) is 5.64. The predicted octanol–water partition coefficient (Wildman–Crippen LogP) is 2.89. The highest BCUT2D eigenvalue weighted by molar-refractivity contribution is 8.16. The molecular formula is C13H10N2O2S2. The van der Waals surface area contributed by atoms with Crippen molar-refractivity contribution in [1.82, 2.24) is 4.98 Å². The van der Waals surface area contributed by atoms with Crippen molar-refractivity contribution >= 4 is 50.4 Å².